The number of methoxy groups -OCH3 is 1. The molecule has 0 aliphatic carbocycles. The minimum absolute atomic E-state index is 0.0884. The molecule has 0 unspecified atom stereocenters. The van der Waals surface area contributed by atoms with E-state index in [0.717, 1.165) is 19.4 Å². The van der Waals surface area contributed by atoms with E-state index in [1.54, 1.807) is 18.3 Å². The second-order valence-corrected chi connectivity index (χ2v) is 7.06. The van der Waals surface area contributed by atoms with E-state index in [-0.39, 0.29) is 12.0 Å². The predicted octanol–water partition coefficient (Wildman–Crippen LogP) is 1.04. The standard InChI is InChI=1S/C18H27N3O4/c1-20(2)11-14-6-7-18(25-14)12-21(9-10-24-13-18)17(22)15-5-4-8-19-16(15)23-3/h4-5,8,14H,6-7,9-13H2,1-3H3/t14-,18+/m0/s1. The van der Waals surface area contributed by atoms with Gasteiger partial charge in [0.25, 0.3) is 5.91 Å². The Morgan fingerprint density at radius 1 is 1.52 bits per heavy atom. The Balaban J connectivity index is 1.75. The van der Waals surface area contributed by atoms with Gasteiger partial charge in [-0.1, -0.05) is 0 Å². The number of hydrogen-bond acceptors (Lipinski definition) is 6. The van der Waals surface area contributed by atoms with E-state index < -0.39 is 5.60 Å². The first-order valence-corrected chi connectivity index (χ1v) is 8.71. The molecule has 0 radical (unpaired) electrons. The summed E-state index contributed by atoms with van der Waals surface area (Å²) >= 11 is 0. The molecule has 1 aromatic heterocycles. The highest BCUT2D eigenvalue weighted by Crippen LogP contribution is 2.34. The van der Waals surface area contributed by atoms with Crippen molar-refractivity contribution in [1.29, 1.82) is 0 Å². The van der Waals surface area contributed by atoms with Crippen molar-refractivity contribution < 1.29 is 19.0 Å². The van der Waals surface area contributed by atoms with E-state index in [2.05, 4.69) is 9.88 Å². The van der Waals surface area contributed by atoms with Crippen LogP contribution in [0.5, 0.6) is 5.88 Å². The molecular weight excluding hydrogens is 322 g/mol. The van der Waals surface area contributed by atoms with Crippen molar-refractivity contribution in [3.63, 3.8) is 0 Å². The number of carbonyl (C=O) groups excluding carboxylic acids is 1. The highest BCUT2D eigenvalue weighted by atomic mass is 16.6. The fraction of sp³-hybridized carbons (Fsp3) is 0.667. The normalized spacial score (nSPS) is 26.9. The topological polar surface area (TPSA) is 64.1 Å². The minimum atomic E-state index is -0.414. The van der Waals surface area contributed by atoms with Gasteiger partial charge in [0.2, 0.25) is 5.88 Å². The van der Waals surface area contributed by atoms with Gasteiger partial charge in [-0.05, 0) is 39.1 Å². The maximum Gasteiger partial charge on any atom is 0.259 e. The molecular formula is C18H27N3O4. The molecule has 138 valence electrons. The van der Waals surface area contributed by atoms with Crippen molar-refractivity contribution >= 4 is 5.91 Å². The first-order valence-electron chi connectivity index (χ1n) is 8.71. The largest absolute Gasteiger partial charge is 0.480 e. The number of carbonyl (C=O) groups is 1. The molecule has 1 aromatic rings. The third-order valence-corrected chi connectivity index (χ3v) is 4.74. The zero-order valence-electron chi connectivity index (χ0n) is 15.2. The molecule has 0 aromatic carbocycles. The molecule has 7 heteroatoms. The van der Waals surface area contributed by atoms with E-state index >= 15 is 0 Å². The summed E-state index contributed by atoms with van der Waals surface area (Å²) in [6, 6.07) is 3.50. The molecule has 0 bridgehead atoms. The summed E-state index contributed by atoms with van der Waals surface area (Å²) in [6.45, 7) is 3.00. The number of likely N-dealkylation sites (N-methyl/N-ethyl adjacent to an activating group) is 1. The quantitative estimate of drug-likeness (QED) is 0.809. The zero-order valence-corrected chi connectivity index (χ0v) is 15.2. The number of amides is 1. The summed E-state index contributed by atoms with van der Waals surface area (Å²) < 4.78 is 17.4. The monoisotopic (exact) mass is 349 g/mol. The van der Waals surface area contributed by atoms with Crippen molar-refractivity contribution in [2.45, 2.75) is 24.5 Å². The second kappa shape index (κ2) is 7.68. The third kappa shape index (κ3) is 4.11. The van der Waals surface area contributed by atoms with Crippen molar-refractivity contribution in [3.05, 3.63) is 23.9 Å². The Morgan fingerprint density at radius 2 is 2.36 bits per heavy atom. The van der Waals surface area contributed by atoms with E-state index in [1.807, 2.05) is 19.0 Å². The molecule has 1 spiro atoms. The highest BCUT2D eigenvalue weighted by Gasteiger charge is 2.44. The lowest BCUT2D eigenvalue weighted by Crippen LogP contribution is -2.47. The number of hydrogen-bond donors (Lipinski definition) is 0. The number of aromatic nitrogens is 1. The Labute approximate surface area is 148 Å². The van der Waals surface area contributed by atoms with Crippen LogP contribution in [-0.2, 0) is 9.47 Å². The Bertz CT molecular complexity index is 610. The van der Waals surface area contributed by atoms with Crippen LogP contribution >= 0.6 is 0 Å². The smallest absolute Gasteiger partial charge is 0.259 e. The van der Waals surface area contributed by atoms with Gasteiger partial charge in [0, 0.05) is 19.3 Å². The van der Waals surface area contributed by atoms with Crippen LogP contribution < -0.4 is 4.74 Å². The lowest BCUT2D eigenvalue weighted by Gasteiger charge is -2.32. The van der Waals surface area contributed by atoms with Crippen molar-refractivity contribution in [2.24, 2.45) is 0 Å². The van der Waals surface area contributed by atoms with Gasteiger partial charge in [-0.2, -0.15) is 0 Å². The van der Waals surface area contributed by atoms with Crippen LogP contribution in [0.15, 0.2) is 18.3 Å². The third-order valence-electron chi connectivity index (χ3n) is 4.74. The van der Waals surface area contributed by atoms with Gasteiger partial charge in [-0.15, -0.1) is 0 Å². The summed E-state index contributed by atoms with van der Waals surface area (Å²) in [4.78, 5) is 21.1. The number of rotatable bonds is 4. The van der Waals surface area contributed by atoms with Crippen molar-refractivity contribution in [1.82, 2.24) is 14.8 Å². The van der Waals surface area contributed by atoms with Crippen LogP contribution in [0.1, 0.15) is 23.2 Å². The van der Waals surface area contributed by atoms with Crippen LogP contribution in [0, 0.1) is 0 Å². The maximum absolute atomic E-state index is 13.0. The molecule has 0 saturated carbocycles. The van der Waals surface area contributed by atoms with E-state index in [4.69, 9.17) is 14.2 Å². The van der Waals surface area contributed by atoms with Crippen molar-refractivity contribution in [2.75, 3.05) is 54.1 Å². The molecule has 2 atom stereocenters. The molecule has 0 N–H and O–H groups in total. The predicted molar refractivity (Wildman–Crippen MR) is 92.9 cm³/mol. The van der Waals surface area contributed by atoms with E-state index in [9.17, 15) is 4.79 Å². The van der Waals surface area contributed by atoms with E-state index in [0.29, 0.717) is 37.7 Å². The summed E-state index contributed by atoms with van der Waals surface area (Å²) in [5.41, 5.74) is 0.0623. The molecule has 7 nitrogen and oxygen atoms in total. The summed E-state index contributed by atoms with van der Waals surface area (Å²) in [5.74, 6) is 0.263. The Hall–Kier alpha value is -1.70. The first kappa shape index (κ1) is 18.1. The van der Waals surface area contributed by atoms with Gasteiger partial charge in [-0.3, -0.25) is 4.79 Å². The summed E-state index contributed by atoms with van der Waals surface area (Å²) in [7, 11) is 5.61. The van der Waals surface area contributed by atoms with Crippen LogP contribution in [0.2, 0.25) is 0 Å². The van der Waals surface area contributed by atoms with Crippen LogP contribution in [0.25, 0.3) is 0 Å². The average Bonchev–Trinajstić information content (AvgIpc) is 2.85. The molecule has 2 aliphatic rings. The number of pyridine rings is 1. The molecule has 2 aliphatic heterocycles. The highest BCUT2D eigenvalue weighted by molar-refractivity contribution is 5.96. The molecule has 3 heterocycles. The lowest BCUT2D eigenvalue weighted by atomic mass is 9.99. The Kier molecular flexibility index (Phi) is 5.56. The molecule has 3 rings (SSSR count). The van der Waals surface area contributed by atoms with Crippen molar-refractivity contribution in [3.8, 4) is 5.88 Å². The molecule has 1 amide bonds. The summed E-state index contributed by atoms with van der Waals surface area (Å²) in [6.07, 6.45) is 3.69. The Morgan fingerprint density at radius 3 is 3.12 bits per heavy atom. The SMILES string of the molecule is COc1ncccc1C(=O)N1CCOC[C@@]2(CC[C@@H](CN(C)C)O2)C1. The maximum atomic E-state index is 13.0. The summed E-state index contributed by atoms with van der Waals surface area (Å²) in [5, 5.41) is 0. The fourth-order valence-electron chi connectivity index (χ4n) is 3.62. The first-order chi connectivity index (χ1) is 12.0. The van der Waals surface area contributed by atoms with Gasteiger partial charge >= 0.3 is 0 Å². The van der Waals surface area contributed by atoms with Gasteiger partial charge in [0.05, 0.1) is 33.0 Å². The average molecular weight is 349 g/mol. The molecule has 25 heavy (non-hydrogen) atoms. The van der Waals surface area contributed by atoms with E-state index in [1.165, 1.54) is 7.11 Å². The number of ether oxygens (including phenoxy) is 3. The van der Waals surface area contributed by atoms with Gasteiger partial charge in [0.1, 0.15) is 11.2 Å². The lowest BCUT2D eigenvalue weighted by molar-refractivity contribution is -0.0878. The van der Waals surface area contributed by atoms with Crippen LogP contribution in [-0.4, -0.2) is 86.4 Å². The molecule has 2 fully saturated rings. The number of nitrogens with zero attached hydrogens (tertiary/aromatic N) is 3. The van der Waals surface area contributed by atoms with Gasteiger partial charge in [-0.25, -0.2) is 4.98 Å². The van der Waals surface area contributed by atoms with Crippen LogP contribution in [0.3, 0.4) is 0 Å². The van der Waals surface area contributed by atoms with Gasteiger partial charge < -0.3 is 24.0 Å². The van der Waals surface area contributed by atoms with Gasteiger partial charge in [0.15, 0.2) is 0 Å². The van der Waals surface area contributed by atoms with Crippen LogP contribution in [0.4, 0.5) is 0 Å². The minimum Gasteiger partial charge on any atom is -0.480 e. The second-order valence-electron chi connectivity index (χ2n) is 7.06. The fourth-order valence-corrected chi connectivity index (χ4v) is 3.62. The molecule has 2 saturated heterocycles. The zero-order chi connectivity index (χ0) is 17.9.